The van der Waals surface area contributed by atoms with Crippen molar-refractivity contribution < 1.29 is 0 Å². The van der Waals surface area contributed by atoms with Gasteiger partial charge in [0.25, 0.3) is 0 Å². The molecule has 2 unspecified atom stereocenters. The SMILES string of the molecule is CCNC(=NCCc1csc(-c2ccc(C)cc2)n1)N1CCC(C)C(n2ccnc2)C1. The molecule has 1 fully saturated rings. The molecule has 4 rings (SSSR count). The van der Waals surface area contributed by atoms with E-state index in [4.69, 9.17) is 9.98 Å². The van der Waals surface area contributed by atoms with Gasteiger partial charge in [-0.2, -0.15) is 0 Å². The number of likely N-dealkylation sites (tertiary alicyclic amines) is 1. The van der Waals surface area contributed by atoms with Crippen molar-refractivity contribution in [2.75, 3.05) is 26.2 Å². The zero-order valence-corrected chi connectivity index (χ0v) is 19.5. The molecule has 2 aromatic heterocycles. The van der Waals surface area contributed by atoms with Crippen molar-refractivity contribution in [1.29, 1.82) is 0 Å². The van der Waals surface area contributed by atoms with E-state index in [-0.39, 0.29) is 0 Å². The van der Waals surface area contributed by atoms with Crippen LogP contribution >= 0.6 is 11.3 Å². The lowest BCUT2D eigenvalue weighted by molar-refractivity contribution is 0.189. The zero-order chi connectivity index (χ0) is 21.6. The zero-order valence-electron chi connectivity index (χ0n) is 18.7. The Labute approximate surface area is 189 Å². The summed E-state index contributed by atoms with van der Waals surface area (Å²) >= 11 is 1.71. The van der Waals surface area contributed by atoms with Gasteiger partial charge in [-0.1, -0.05) is 36.8 Å². The highest BCUT2D eigenvalue weighted by atomic mass is 32.1. The molecule has 0 bridgehead atoms. The van der Waals surface area contributed by atoms with E-state index >= 15 is 0 Å². The van der Waals surface area contributed by atoms with Gasteiger partial charge in [-0.3, -0.25) is 4.99 Å². The molecule has 0 spiro atoms. The Morgan fingerprint density at radius 3 is 2.87 bits per heavy atom. The average molecular weight is 437 g/mol. The smallest absolute Gasteiger partial charge is 0.193 e. The molecular formula is C24H32N6S. The standard InChI is InChI=1S/C24H32N6S/c1-4-26-24(29-13-10-19(3)22(15-29)30-14-12-25-17-30)27-11-9-21-16-31-23(28-21)20-7-5-18(2)6-8-20/h5-8,12,14,16-17,19,22H,4,9-11,13,15H2,1-3H3,(H,26,27). The van der Waals surface area contributed by atoms with Gasteiger partial charge in [-0.25, -0.2) is 9.97 Å². The van der Waals surface area contributed by atoms with E-state index in [9.17, 15) is 0 Å². The number of imidazole rings is 1. The van der Waals surface area contributed by atoms with E-state index in [1.54, 1.807) is 11.3 Å². The van der Waals surface area contributed by atoms with Gasteiger partial charge >= 0.3 is 0 Å². The lowest BCUT2D eigenvalue weighted by atomic mass is 9.93. The number of rotatable bonds is 6. The first-order valence-electron chi connectivity index (χ1n) is 11.2. The highest BCUT2D eigenvalue weighted by Gasteiger charge is 2.28. The predicted octanol–water partition coefficient (Wildman–Crippen LogP) is 4.41. The number of benzene rings is 1. The van der Waals surface area contributed by atoms with Crippen LogP contribution in [0.15, 0.2) is 53.4 Å². The number of piperidine rings is 1. The van der Waals surface area contributed by atoms with Crippen molar-refractivity contribution >= 4 is 17.3 Å². The first-order valence-corrected chi connectivity index (χ1v) is 12.0. The van der Waals surface area contributed by atoms with Crippen molar-refractivity contribution in [2.45, 2.75) is 39.7 Å². The lowest BCUT2D eigenvalue weighted by Crippen LogP contribution is -2.49. The summed E-state index contributed by atoms with van der Waals surface area (Å²) in [7, 11) is 0. The number of nitrogens with zero attached hydrogens (tertiary/aromatic N) is 5. The van der Waals surface area contributed by atoms with E-state index in [0.29, 0.717) is 12.0 Å². The summed E-state index contributed by atoms with van der Waals surface area (Å²) in [4.78, 5) is 16.4. The Hall–Kier alpha value is -2.67. The third kappa shape index (κ3) is 5.34. The highest BCUT2D eigenvalue weighted by Crippen LogP contribution is 2.27. The number of aromatic nitrogens is 3. The first-order chi connectivity index (χ1) is 15.1. The first kappa shape index (κ1) is 21.6. The van der Waals surface area contributed by atoms with Crippen LogP contribution in [0.4, 0.5) is 0 Å². The number of nitrogens with one attached hydrogen (secondary N) is 1. The molecule has 6 nitrogen and oxygen atoms in total. The third-order valence-electron chi connectivity index (χ3n) is 5.94. The van der Waals surface area contributed by atoms with E-state index in [1.807, 2.05) is 12.5 Å². The molecule has 0 amide bonds. The highest BCUT2D eigenvalue weighted by molar-refractivity contribution is 7.13. The van der Waals surface area contributed by atoms with Crippen LogP contribution in [0.25, 0.3) is 10.6 Å². The van der Waals surface area contributed by atoms with Crippen molar-refractivity contribution in [3.63, 3.8) is 0 Å². The molecule has 3 heterocycles. The van der Waals surface area contributed by atoms with Gasteiger partial charge in [-0.05, 0) is 26.2 Å². The molecule has 2 atom stereocenters. The number of aryl methyl sites for hydroxylation is 1. The molecule has 0 radical (unpaired) electrons. The van der Waals surface area contributed by atoms with Crippen LogP contribution in [0.3, 0.4) is 0 Å². The van der Waals surface area contributed by atoms with Gasteiger partial charge in [0.05, 0.1) is 18.1 Å². The fourth-order valence-corrected chi connectivity index (χ4v) is 4.91. The molecule has 1 aliphatic heterocycles. The minimum Gasteiger partial charge on any atom is -0.357 e. The monoisotopic (exact) mass is 436 g/mol. The van der Waals surface area contributed by atoms with Crippen LogP contribution in [0.2, 0.25) is 0 Å². The molecular weight excluding hydrogens is 404 g/mol. The Bertz CT molecular complexity index is 976. The maximum atomic E-state index is 4.94. The molecule has 7 heteroatoms. The van der Waals surface area contributed by atoms with E-state index in [1.165, 1.54) is 11.1 Å². The average Bonchev–Trinajstić information content (AvgIpc) is 3.47. The van der Waals surface area contributed by atoms with Crippen LogP contribution in [-0.2, 0) is 6.42 Å². The summed E-state index contributed by atoms with van der Waals surface area (Å²) in [5, 5.41) is 6.73. The summed E-state index contributed by atoms with van der Waals surface area (Å²) in [6, 6.07) is 9.00. The van der Waals surface area contributed by atoms with Gasteiger partial charge in [0.15, 0.2) is 5.96 Å². The van der Waals surface area contributed by atoms with E-state index < -0.39 is 0 Å². The normalized spacial score (nSPS) is 19.6. The van der Waals surface area contributed by atoms with Crippen molar-refractivity contribution in [3.05, 3.63) is 59.6 Å². The Kier molecular flexibility index (Phi) is 7.02. The topological polar surface area (TPSA) is 58.3 Å². The number of guanidine groups is 1. The van der Waals surface area contributed by atoms with Gasteiger partial charge < -0.3 is 14.8 Å². The van der Waals surface area contributed by atoms with Crippen molar-refractivity contribution in [1.82, 2.24) is 24.8 Å². The molecule has 3 aromatic rings. The van der Waals surface area contributed by atoms with E-state index in [2.05, 4.69) is 76.4 Å². The molecule has 1 aliphatic rings. The second kappa shape index (κ2) is 10.1. The van der Waals surface area contributed by atoms with Crippen LogP contribution in [0, 0.1) is 12.8 Å². The molecule has 0 saturated carbocycles. The number of hydrogen-bond donors (Lipinski definition) is 1. The fraction of sp³-hybridized carbons (Fsp3) is 0.458. The fourth-order valence-electron chi connectivity index (χ4n) is 4.05. The molecule has 31 heavy (non-hydrogen) atoms. The maximum absolute atomic E-state index is 4.94. The summed E-state index contributed by atoms with van der Waals surface area (Å²) < 4.78 is 2.24. The second-order valence-corrected chi connectivity index (χ2v) is 9.14. The van der Waals surface area contributed by atoms with Crippen LogP contribution < -0.4 is 5.32 Å². The van der Waals surface area contributed by atoms with Gasteiger partial charge in [0.1, 0.15) is 5.01 Å². The summed E-state index contributed by atoms with van der Waals surface area (Å²) in [6.07, 6.45) is 7.88. The van der Waals surface area contributed by atoms with Gasteiger partial charge in [-0.15, -0.1) is 11.3 Å². The number of thiazole rings is 1. The van der Waals surface area contributed by atoms with Crippen LogP contribution in [-0.4, -0.2) is 51.6 Å². The second-order valence-electron chi connectivity index (χ2n) is 8.28. The molecule has 1 N–H and O–H groups in total. The van der Waals surface area contributed by atoms with Gasteiger partial charge in [0.2, 0.25) is 0 Å². The van der Waals surface area contributed by atoms with Crippen LogP contribution in [0.1, 0.15) is 37.6 Å². The summed E-state index contributed by atoms with van der Waals surface area (Å²) in [6.45, 7) is 10.2. The van der Waals surface area contributed by atoms with E-state index in [0.717, 1.165) is 55.7 Å². The summed E-state index contributed by atoms with van der Waals surface area (Å²) in [5.74, 6) is 1.64. The van der Waals surface area contributed by atoms with Crippen LogP contribution in [0.5, 0.6) is 0 Å². The third-order valence-corrected chi connectivity index (χ3v) is 6.88. The molecule has 1 saturated heterocycles. The minimum absolute atomic E-state index is 0.427. The number of aliphatic imine (C=N–C) groups is 1. The maximum Gasteiger partial charge on any atom is 0.193 e. The predicted molar refractivity (Wildman–Crippen MR) is 129 cm³/mol. The number of hydrogen-bond acceptors (Lipinski definition) is 4. The lowest BCUT2D eigenvalue weighted by Gasteiger charge is -2.39. The van der Waals surface area contributed by atoms with Crippen molar-refractivity contribution in [2.24, 2.45) is 10.9 Å². The van der Waals surface area contributed by atoms with Gasteiger partial charge in [0, 0.05) is 55.9 Å². The quantitative estimate of drug-likeness (QED) is 0.459. The molecule has 0 aliphatic carbocycles. The Morgan fingerprint density at radius 2 is 2.13 bits per heavy atom. The Balaban J connectivity index is 1.39. The molecule has 1 aromatic carbocycles. The minimum atomic E-state index is 0.427. The van der Waals surface area contributed by atoms with Crippen molar-refractivity contribution in [3.8, 4) is 10.6 Å². The molecule has 164 valence electrons. The largest absolute Gasteiger partial charge is 0.357 e. The Morgan fingerprint density at radius 1 is 1.29 bits per heavy atom. The summed E-state index contributed by atoms with van der Waals surface area (Å²) in [5.41, 5.74) is 3.57.